The molecule has 126 valence electrons. The van der Waals surface area contributed by atoms with Crippen LogP contribution in [0.2, 0.25) is 0 Å². The van der Waals surface area contributed by atoms with Gasteiger partial charge in [-0.15, -0.1) is 0 Å². The largest absolute Gasteiger partial charge is 0.481 e. The summed E-state index contributed by atoms with van der Waals surface area (Å²) in [5.41, 5.74) is 3.12. The normalized spacial score (nSPS) is 17.5. The molecule has 1 aliphatic rings. The molecular weight excluding hydrogens is 304 g/mol. The third kappa shape index (κ3) is 3.83. The Morgan fingerprint density at radius 2 is 1.71 bits per heavy atom. The molecule has 0 radical (unpaired) electrons. The maximum atomic E-state index is 11.3. The Labute approximate surface area is 142 Å². The molecule has 0 amide bonds. The lowest BCUT2D eigenvalue weighted by atomic mass is 9.88. The van der Waals surface area contributed by atoms with Crippen LogP contribution in [-0.4, -0.2) is 24.3 Å². The van der Waals surface area contributed by atoms with Crippen molar-refractivity contribution in [3.63, 3.8) is 0 Å². The van der Waals surface area contributed by atoms with E-state index >= 15 is 0 Å². The van der Waals surface area contributed by atoms with Crippen LogP contribution in [0.4, 0.5) is 0 Å². The molecule has 1 unspecified atom stereocenters. The number of hydrogen-bond donors (Lipinski definition) is 1. The van der Waals surface area contributed by atoms with Crippen molar-refractivity contribution in [1.29, 1.82) is 0 Å². The fraction of sp³-hybridized carbons (Fsp3) is 0.350. The van der Waals surface area contributed by atoms with Gasteiger partial charge >= 0.3 is 5.97 Å². The second-order valence-electron chi connectivity index (χ2n) is 6.25. The van der Waals surface area contributed by atoms with Crippen LogP contribution in [0.3, 0.4) is 0 Å². The summed E-state index contributed by atoms with van der Waals surface area (Å²) in [5.74, 6) is -1.54. The maximum absolute atomic E-state index is 11.3. The topological polar surface area (TPSA) is 55.8 Å². The van der Waals surface area contributed by atoms with Gasteiger partial charge in [0.05, 0.1) is 19.6 Å². The fourth-order valence-corrected chi connectivity index (χ4v) is 3.16. The van der Waals surface area contributed by atoms with Gasteiger partial charge in [0, 0.05) is 5.56 Å². The second kappa shape index (κ2) is 7.16. The van der Waals surface area contributed by atoms with Crippen molar-refractivity contribution >= 4 is 5.97 Å². The molecule has 2 aromatic carbocycles. The highest BCUT2D eigenvalue weighted by atomic mass is 16.7. The zero-order valence-electron chi connectivity index (χ0n) is 13.8. The smallest absolute Gasteiger partial charge is 0.303 e. The summed E-state index contributed by atoms with van der Waals surface area (Å²) in [6.07, 6.45) is 0.815. The Balaban J connectivity index is 1.80. The first-order valence-corrected chi connectivity index (χ1v) is 8.21. The molecule has 4 heteroatoms. The van der Waals surface area contributed by atoms with Crippen molar-refractivity contribution in [2.45, 2.75) is 31.5 Å². The molecule has 0 aliphatic carbocycles. The highest BCUT2D eigenvalue weighted by Gasteiger charge is 2.33. The van der Waals surface area contributed by atoms with E-state index in [2.05, 4.69) is 0 Å². The third-order valence-corrected chi connectivity index (χ3v) is 4.49. The predicted octanol–water partition coefficient (Wildman–Crippen LogP) is 3.71. The lowest BCUT2D eigenvalue weighted by Gasteiger charge is -2.23. The number of carbonyl (C=O) groups is 1. The Morgan fingerprint density at radius 3 is 2.29 bits per heavy atom. The van der Waals surface area contributed by atoms with Gasteiger partial charge in [-0.2, -0.15) is 0 Å². The van der Waals surface area contributed by atoms with Gasteiger partial charge in [0.15, 0.2) is 5.79 Å². The van der Waals surface area contributed by atoms with Gasteiger partial charge in [0.2, 0.25) is 0 Å². The zero-order chi connectivity index (χ0) is 17.0. The van der Waals surface area contributed by atoms with Gasteiger partial charge in [-0.05, 0) is 30.4 Å². The van der Waals surface area contributed by atoms with Gasteiger partial charge < -0.3 is 14.6 Å². The van der Waals surface area contributed by atoms with Crippen molar-refractivity contribution in [1.82, 2.24) is 0 Å². The molecule has 0 saturated carbocycles. The van der Waals surface area contributed by atoms with Gasteiger partial charge in [-0.25, -0.2) is 0 Å². The standard InChI is InChI=1S/C20H22O4/c1-20(23-11-12-24-20)18-9-7-16(8-10-18)17(14-19(21)22)13-15-5-3-2-4-6-15/h2-10,17H,11-14H2,1H3,(H,21,22). The van der Waals surface area contributed by atoms with Crippen LogP contribution in [0, 0.1) is 0 Å². The van der Waals surface area contributed by atoms with Crippen LogP contribution >= 0.6 is 0 Å². The first-order chi connectivity index (χ1) is 11.6. The Morgan fingerprint density at radius 1 is 1.08 bits per heavy atom. The van der Waals surface area contributed by atoms with Gasteiger partial charge in [-0.3, -0.25) is 4.79 Å². The monoisotopic (exact) mass is 326 g/mol. The van der Waals surface area contributed by atoms with Crippen molar-refractivity contribution in [3.8, 4) is 0 Å². The van der Waals surface area contributed by atoms with Crippen molar-refractivity contribution in [2.24, 2.45) is 0 Å². The highest BCUT2D eigenvalue weighted by molar-refractivity contribution is 5.68. The molecule has 2 aromatic rings. The summed E-state index contributed by atoms with van der Waals surface area (Å²) in [4.78, 5) is 11.3. The minimum Gasteiger partial charge on any atom is -0.481 e. The average molecular weight is 326 g/mol. The van der Waals surface area contributed by atoms with Crippen molar-refractivity contribution < 1.29 is 19.4 Å². The van der Waals surface area contributed by atoms with Gasteiger partial charge in [-0.1, -0.05) is 54.6 Å². The quantitative estimate of drug-likeness (QED) is 0.879. The van der Waals surface area contributed by atoms with E-state index in [9.17, 15) is 9.90 Å². The number of carboxylic acids is 1. The minimum absolute atomic E-state index is 0.0582. The number of hydrogen-bond acceptors (Lipinski definition) is 3. The lowest BCUT2D eigenvalue weighted by Crippen LogP contribution is -2.22. The highest BCUT2D eigenvalue weighted by Crippen LogP contribution is 2.32. The van der Waals surface area contributed by atoms with E-state index in [4.69, 9.17) is 9.47 Å². The molecule has 1 fully saturated rings. The number of ether oxygens (including phenoxy) is 2. The van der Waals surface area contributed by atoms with Crippen LogP contribution in [0.15, 0.2) is 54.6 Å². The van der Waals surface area contributed by atoms with E-state index in [0.29, 0.717) is 19.6 Å². The molecule has 0 spiro atoms. The predicted molar refractivity (Wildman–Crippen MR) is 90.8 cm³/mol. The van der Waals surface area contributed by atoms with E-state index in [1.54, 1.807) is 0 Å². The summed E-state index contributed by atoms with van der Waals surface area (Å²) < 4.78 is 11.3. The number of rotatable bonds is 6. The molecular formula is C20H22O4. The summed E-state index contributed by atoms with van der Waals surface area (Å²) in [7, 11) is 0. The van der Waals surface area contributed by atoms with E-state index in [0.717, 1.165) is 16.7 Å². The third-order valence-electron chi connectivity index (χ3n) is 4.49. The summed E-state index contributed by atoms with van der Waals surface area (Å²) in [6.45, 7) is 3.09. The number of carboxylic acid groups (broad SMARTS) is 1. The Hall–Kier alpha value is -2.17. The van der Waals surface area contributed by atoms with Gasteiger partial charge in [0.1, 0.15) is 0 Å². The lowest BCUT2D eigenvalue weighted by molar-refractivity contribution is -0.149. The maximum Gasteiger partial charge on any atom is 0.303 e. The van der Waals surface area contributed by atoms with Crippen LogP contribution in [0.25, 0.3) is 0 Å². The molecule has 1 heterocycles. The molecule has 1 atom stereocenters. The Bertz CT molecular complexity index is 673. The van der Waals surface area contributed by atoms with Crippen LogP contribution < -0.4 is 0 Å². The van der Waals surface area contributed by atoms with E-state index in [1.165, 1.54) is 0 Å². The van der Waals surface area contributed by atoms with Crippen LogP contribution in [0.1, 0.15) is 36.0 Å². The van der Waals surface area contributed by atoms with Crippen molar-refractivity contribution in [3.05, 3.63) is 71.3 Å². The summed E-state index contributed by atoms with van der Waals surface area (Å²) >= 11 is 0. The first-order valence-electron chi connectivity index (χ1n) is 8.21. The summed E-state index contributed by atoms with van der Waals surface area (Å²) in [6, 6.07) is 17.9. The molecule has 24 heavy (non-hydrogen) atoms. The Kier molecular flexibility index (Phi) is 4.97. The molecule has 1 saturated heterocycles. The first kappa shape index (κ1) is 16.7. The number of aliphatic carboxylic acids is 1. The zero-order valence-corrected chi connectivity index (χ0v) is 13.8. The number of benzene rings is 2. The molecule has 1 aliphatic heterocycles. The molecule has 4 nitrogen and oxygen atoms in total. The van der Waals surface area contributed by atoms with E-state index in [1.807, 2.05) is 61.5 Å². The average Bonchev–Trinajstić information content (AvgIpc) is 3.03. The molecule has 1 N–H and O–H groups in total. The second-order valence-corrected chi connectivity index (χ2v) is 6.25. The molecule has 3 rings (SSSR count). The van der Waals surface area contributed by atoms with Crippen LogP contribution in [-0.2, 0) is 26.5 Å². The van der Waals surface area contributed by atoms with E-state index < -0.39 is 11.8 Å². The molecule has 0 aromatic heterocycles. The van der Waals surface area contributed by atoms with E-state index in [-0.39, 0.29) is 12.3 Å². The molecule has 0 bridgehead atoms. The minimum atomic E-state index is -0.783. The fourth-order valence-electron chi connectivity index (χ4n) is 3.16. The summed E-state index contributed by atoms with van der Waals surface area (Å²) in [5, 5.41) is 9.25. The van der Waals surface area contributed by atoms with Crippen molar-refractivity contribution in [2.75, 3.05) is 13.2 Å². The van der Waals surface area contributed by atoms with Gasteiger partial charge in [0.25, 0.3) is 0 Å². The SMILES string of the molecule is CC1(c2ccc(C(CC(=O)O)Cc3ccccc3)cc2)OCCO1. The van der Waals surface area contributed by atoms with Crippen LogP contribution in [0.5, 0.6) is 0 Å².